The molecule has 1 saturated carbocycles. The zero-order valence-corrected chi connectivity index (χ0v) is 12.4. The number of amides is 2. The second kappa shape index (κ2) is 6.70. The van der Waals surface area contributed by atoms with Gasteiger partial charge in [-0.3, -0.25) is 9.59 Å². The van der Waals surface area contributed by atoms with Crippen molar-refractivity contribution in [2.75, 3.05) is 5.32 Å². The van der Waals surface area contributed by atoms with E-state index in [9.17, 15) is 14.0 Å². The normalized spacial score (nSPS) is 21.7. The average Bonchev–Trinajstić information content (AvgIpc) is 2.40. The lowest BCUT2D eigenvalue weighted by molar-refractivity contribution is -0.114. The van der Waals surface area contributed by atoms with Crippen LogP contribution in [0.25, 0.3) is 0 Å². The number of nitrogens with one attached hydrogen (secondary N) is 2. The highest BCUT2D eigenvalue weighted by molar-refractivity contribution is 5.97. The molecule has 2 atom stereocenters. The zero-order valence-electron chi connectivity index (χ0n) is 12.4. The van der Waals surface area contributed by atoms with Crippen LogP contribution in [0, 0.1) is 11.7 Å². The maximum Gasteiger partial charge on any atom is 0.254 e. The van der Waals surface area contributed by atoms with Gasteiger partial charge in [0.1, 0.15) is 5.82 Å². The van der Waals surface area contributed by atoms with Crippen LogP contribution in [0.1, 0.15) is 49.9 Å². The van der Waals surface area contributed by atoms with Gasteiger partial charge < -0.3 is 10.6 Å². The molecule has 0 saturated heterocycles. The van der Waals surface area contributed by atoms with E-state index in [1.165, 1.54) is 31.5 Å². The minimum absolute atomic E-state index is 0.0283. The highest BCUT2D eigenvalue weighted by Crippen LogP contribution is 2.24. The standard InChI is InChI=1S/C16H21FN2O2/c1-10-4-3-5-12(8-10)19-16(21)14-9-13(18-11(2)20)6-7-15(14)17/h6-7,9-10,12H,3-5,8H2,1-2H3,(H,18,20)(H,19,21). The predicted octanol–water partition coefficient (Wildman–Crippen LogP) is 3.09. The second-order valence-corrected chi connectivity index (χ2v) is 5.82. The van der Waals surface area contributed by atoms with Crippen molar-refractivity contribution in [1.29, 1.82) is 0 Å². The van der Waals surface area contributed by atoms with E-state index in [-0.39, 0.29) is 17.5 Å². The van der Waals surface area contributed by atoms with E-state index < -0.39 is 11.7 Å². The number of hydrogen-bond donors (Lipinski definition) is 2. The van der Waals surface area contributed by atoms with Gasteiger partial charge >= 0.3 is 0 Å². The molecule has 0 aromatic heterocycles. The maximum absolute atomic E-state index is 13.8. The van der Waals surface area contributed by atoms with E-state index in [2.05, 4.69) is 17.6 Å². The van der Waals surface area contributed by atoms with E-state index >= 15 is 0 Å². The molecule has 0 bridgehead atoms. The number of rotatable bonds is 3. The highest BCUT2D eigenvalue weighted by Gasteiger charge is 2.22. The molecule has 1 aromatic carbocycles. The molecule has 2 amide bonds. The number of anilines is 1. The summed E-state index contributed by atoms with van der Waals surface area (Å²) in [4.78, 5) is 23.2. The van der Waals surface area contributed by atoms with Crippen molar-refractivity contribution in [3.8, 4) is 0 Å². The first-order chi connectivity index (χ1) is 9.95. The fourth-order valence-corrected chi connectivity index (χ4v) is 2.81. The number of carbonyl (C=O) groups excluding carboxylic acids is 2. The lowest BCUT2D eigenvalue weighted by Crippen LogP contribution is -2.38. The molecule has 4 nitrogen and oxygen atoms in total. The Kier molecular flexibility index (Phi) is 4.94. The summed E-state index contributed by atoms with van der Waals surface area (Å²) in [6.07, 6.45) is 4.13. The molecule has 0 heterocycles. The van der Waals surface area contributed by atoms with Gasteiger partial charge in [-0.05, 0) is 37.0 Å². The lowest BCUT2D eigenvalue weighted by atomic mass is 9.87. The third-order valence-electron chi connectivity index (χ3n) is 3.80. The van der Waals surface area contributed by atoms with Gasteiger partial charge in [0.15, 0.2) is 0 Å². The van der Waals surface area contributed by atoms with Crippen molar-refractivity contribution in [2.45, 2.75) is 45.6 Å². The monoisotopic (exact) mass is 292 g/mol. The summed E-state index contributed by atoms with van der Waals surface area (Å²) in [5, 5.41) is 5.45. The molecule has 0 spiro atoms. The number of carbonyl (C=O) groups is 2. The minimum atomic E-state index is -0.578. The largest absolute Gasteiger partial charge is 0.349 e. The molecule has 1 fully saturated rings. The first kappa shape index (κ1) is 15.5. The van der Waals surface area contributed by atoms with Crippen molar-refractivity contribution >= 4 is 17.5 Å². The molecule has 21 heavy (non-hydrogen) atoms. The summed E-state index contributed by atoms with van der Waals surface area (Å²) in [6.45, 7) is 3.53. The Bertz CT molecular complexity index is 545. The van der Waals surface area contributed by atoms with Crippen LogP contribution in [-0.2, 0) is 4.79 Å². The molecule has 114 valence electrons. The first-order valence-electron chi connectivity index (χ1n) is 7.33. The van der Waals surface area contributed by atoms with Gasteiger partial charge in [-0.25, -0.2) is 4.39 Å². The number of hydrogen-bond acceptors (Lipinski definition) is 2. The van der Waals surface area contributed by atoms with Crippen LogP contribution in [0.4, 0.5) is 10.1 Å². The van der Waals surface area contributed by atoms with Crippen molar-refractivity contribution in [3.63, 3.8) is 0 Å². The van der Waals surface area contributed by atoms with Crippen LogP contribution >= 0.6 is 0 Å². The molecule has 5 heteroatoms. The van der Waals surface area contributed by atoms with Crippen molar-refractivity contribution in [3.05, 3.63) is 29.6 Å². The SMILES string of the molecule is CC(=O)Nc1ccc(F)c(C(=O)NC2CCCC(C)C2)c1. The number of halogens is 1. The van der Waals surface area contributed by atoms with Crippen molar-refractivity contribution in [1.82, 2.24) is 5.32 Å². The Morgan fingerprint density at radius 1 is 1.29 bits per heavy atom. The molecule has 1 aliphatic rings. The van der Waals surface area contributed by atoms with E-state index in [4.69, 9.17) is 0 Å². The van der Waals surface area contributed by atoms with Gasteiger partial charge in [-0.2, -0.15) is 0 Å². The van der Waals surface area contributed by atoms with Crippen molar-refractivity contribution in [2.24, 2.45) is 5.92 Å². The first-order valence-corrected chi connectivity index (χ1v) is 7.33. The summed E-state index contributed by atoms with van der Waals surface area (Å²) >= 11 is 0. The Morgan fingerprint density at radius 3 is 2.71 bits per heavy atom. The smallest absolute Gasteiger partial charge is 0.254 e. The molecule has 0 aliphatic heterocycles. The van der Waals surface area contributed by atoms with Gasteiger partial charge in [-0.1, -0.05) is 19.8 Å². The molecule has 2 N–H and O–H groups in total. The molecule has 1 aliphatic carbocycles. The van der Waals surface area contributed by atoms with E-state index in [1.807, 2.05) is 0 Å². The van der Waals surface area contributed by atoms with Gasteiger partial charge in [-0.15, -0.1) is 0 Å². The molecule has 2 rings (SSSR count). The summed E-state index contributed by atoms with van der Waals surface area (Å²) < 4.78 is 13.8. The Hall–Kier alpha value is -1.91. The third kappa shape index (κ3) is 4.28. The maximum atomic E-state index is 13.8. The van der Waals surface area contributed by atoms with E-state index in [0.717, 1.165) is 19.3 Å². The summed E-state index contributed by atoms with van der Waals surface area (Å²) in [5.41, 5.74) is 0.394. The second-order valence-electron chi connectivity index (χ2n) is 5.82. The lowest BCUT2D eigenvalue weighted by Gasteiger charge is -2.27. The van der Waals surface area contributed by atoms with Crippen LogP contribution in [-0.4, -0.2) is 17.9 Å². The average molecular weight is 292 g/mol. The highest BCUT2D eigenvalue weighted by atomic mass is 19.1. The molecule has 1 aromatic rings. The zero-order chi connectivity index (χ0) is 15.4. The van der Waals surface area contributed by atoms with Crippen LogP contribution in [0.2, 0.25) is 0 Å². The minimum Gasteiger partial charge on any atom is -0.349 e. The summed E-state index contributed by atoms with van der Waals surface area (Å²) in [7, 11) is 0. The van der Waals surface area contributed by atoms with E-state index in [0.29, 0.717) is 11.6 Å². The fourth-order valence-electron chi connectivity index (χ4n) is 2.81. The van der Waals surface area contributed by atoms with Crippen LogP contribution in [0.15, 0.2) is 18.2 Å². The quantitative estimate of drug-likeness (QED) is 0.899. The molecular weight excluding hydrogens is 271 g/mol. The fraction of sp³-hybridized carbons (Fsp3) is 0.500. The molecule has 2 unspecified atom stereocenters. The number of benzene rings is 1. The molecule has 0 radical (unpaired) electrons. The Labute approximate surface area is 124 Å². The summed E-state index contributed by atoms with van der Waals surface area (Å²) in [5.74, 6) is -0.669. The van der Waals surface area contributed by atoms with Crippen molar-refractivity contribution < 1.29 is 14.0 Å². The third-order valence-corrected chi connectivity index (χ3v) is 3.80. The Balaban J connectivity index is 2.08. The van der Waals surface area contributed by atoms with Crippen LogP contribution < -0.4 is 10.6 Å². The van der Waals surface area contributed by atoms with E-state index in [1.54, 1.807) is 0 Å². The van der Waals surface area contributed by atoms with Gasteiger partial charge in [0.25, 0.3) is 5.91 Å². The van der Waals surface area contributed by atoms with Gasteiger partial charge in [0, 0.05) is 18.7 Å². The van der Waals surface area contributed by atoms with Crippen LogP contribution in [0.5, 0.6) is 0 Å². The van der Waals surface area contributed by atoms with Gasteiger partial charge in [0.2, 0.25) is 5.91 Å². The summed E-state index contributed by atoms with van der Waals surface area (Å²) in [6, 6.07) is 4.11. The Morgan fingerprint density at radius 2 is 2.05 bits per heavy atom. The van der Waals surface area contributed by atoms with Crippen LogP contribution in [0.3, 0.4) is 0 Å². The predicted molar refractivity (Wildman–Crippen MR) is 79.6 cm³/mol. The van der Waals surface area contributed by atoms with Gasteiger partial charge in [0.05, 0.1) is 5.56 Å². The molecular formula is C16H21FN2O2. The topological polar surface area (TPSA) is 58.2 Å².